The topological polar surface area (TPSA) is 61.9 Å². The summed E-state index contributed by atoms with van der Waals surface area (Å²) < 4.78 is 34.8. The Hall–Kier alpha value is -0.210. The Balaban J connectivity index is 2.02. The van der Waals surface area contributed by atoms with E-state index in [-0.39, 0.29) is 18.2 Å². The van der Waals surface area contributed by atoms with Crippen LogP contribution in [0.25, 0.3) is 0 Å². The van der Waals surface area contributed by atoms with Crippen LogP contribution in [-0.2, 0) is 14.9 Å². The Bertz CT molecular complexity index is 404. The molecule has 19 heavy (non-hydrogen) atoms. The fraction of sp³-hybridized carbons (Fsp3) is 1.00. The Morgan fingerprint density at radius 2 is 1.63 bits per heavy atom. The van der Waals surface area contributed by atoms with E-state index in [0.29, 0.717) is 19.0 Å². The minimum Gasteiger partial charge on any atom is -0.373 e. The Morgan fingerprint density at radius 3 is 2.11 bits per heavy atom. The van der Waals surface area contributed by atoms with Crippen LogP contribution in [0.4, 0.5) is 0 Å². The van der Waals surface area contributed by atoms with E-state index in [1.54, 1.807) is 0 Å². The minimum absolute atomic E-state index is 0.00320. The van der Waals surface area contributed by atoms with E-state index in [4.69, 9.17) is 4.74 Å². The molecule has 0 bridgehead atoms. The molecule has 0 aliphatic carbocycles. The molecule has 2 aliphatic heterocycles. The summed E-state index contributed by atoms with van der Waals surface area (Å²) in [6, 6.07) is 0.00320. The maximum absolute atomic E-state index is 12.4. The SMILES string of the molecule is C[C@@H]1CN(S(=O)(=O)N[C@@H]2CN(C)C[C@H]2C)C[C@@H](C)O1. The molecule has 0 aromatic heterocycles. The summed E-state index contributed by atoms with van der Waals surface area (Å²) in [7, 11) is -1.39. The molecule has 2 saturated heterocycles. The van der Waals surface area contributed by atoms with Crippen LogP contribution >= 0.6 is 0 Å². The fourth-order valence-corrected chi connectivity index (χ4v) is 4.61. The van der Waals surface area contributed by atoms with Crippen molar-refractivity contribution in [1.29, 1.82) is 0 Å². The van der Waals surface area contributed by atoms with Gasteiger partial charge < -0.3 is 9.64 Å². The molecular weight excluding hydrogens is 266 g/mol. The zero-order chi connectivity index (χ0) is 14.2. The molecule has 0 aromatic carbocycles. The predicted octanol–water partition coefficient (Wildman–Crippen LogP) is -0.120. The number of nitrogens with one attached hydrogen (secondary N) is 1. The van der Waals surface area contributed by atoms with Gasteiger partial charge in [0.15, 0.2) is 0 Å². The van der Waals surface area contributed by atoms with Crippen molar-refractivity contribution in [2.24, 2.45) is 5.92 Å². The van der Waals surface area contributed by atoms with E-state index in [1.807, 2.05) is 20.9 Å². The Morgan fingerprint density at radius 1 is 1.05 bits per heavy atom. The van der Waals surface area contributed by atoms with Crippen molar-refractivity contribution < 1.29 is 13.2 Å². The van der Waals surface area contributed by atoms with Crippen LogP contribution in [0.1, 0.15) is 20.8 Å². The molecule has 2 heterocycles. The largest absolute Gasteiger partial charge is 0.373 e. The van der Waals surface area contributed by atoms with Gasteiger partial charge in [0.1, 0.15) is 0 Å². The van der Waals surface area contributed by atoms with E-state index in [2.05, 4.69) is 16.5 Å². The highest BCUT2D eigenvalue weighted by molar-refractivity contribution is 7.87. The molecule has 2 aliphatic rings. The average molecular weight is 291 g/mol. The summed E-state index contributed by atoms with van der Waals surface area (Å²) in [5.74, 6) is 0.343. The normalized spacial score (nSPS) is 38.7. The number of ether oxygens (including phenoxy) is 1. The maximum atomic E-state index is 12.4. The second-order valence-electron chi connectivity index (χ2n) is 6.00. The zero-order valence-electron chi connectivity index (χ0n) is 12.2. The van der Waals surface area contributed by atoms with Crippen LogP contribution < -0.4 is 4.72 Å². The molecule has 0 spiro atoms. The van der Waals surface area contributed by atoms with Crippen molar-refractivity contribution in [3.63, 3.8) is 0 Å². The lowest BCUT2D eigenvalue weighted by molar-refractivity contribution is -0.0444. The summed E-state index contributed by atoms with van der Waals surface area (Å²) in [6.07, 6.45) is -0.104. The molecular formula is C12H25N3O3S. The van der Waals surface area contributed by atoms with Gasteiger partial charge in [-0.2, -0.15) is 17.4 Å². The van der Waals surface area contributed by atoms with Gasteiger partial charge in [-0.1, -0.05) is 6.92 Å². The number of hydrogen-bond donors (Lipinski definition) is 1. The molecule has 0 radical (unpaired) electrons. The van der Waals surface area contributed by atoms with Crippen LogP contribution in [0, 0.1) is 5.92 Å². The predicted molar refractivity (Wildman–Crippen MR) is 74.1 cm³/mol. The third-order valence-electron chi connectivity index (χ3n) is 3.82. The van der Waals surface area contributed by atoms with Gasteiger partial charge in [0.05, 0.1) is 12.2 Å². The highest BCUT2D eigenvalue weighted by atomic mass is 32.2. The molecule has 4 atom stereocenters. The number of morpholine rings is 1. The number of hydrogen-bond acceptors (Lipinski definition) is 4. The molecule has 0 unspecified atom stereocenters. The van der Waals surface area contributed by atoms with E-state index >= 15 is 0 Å². The van der Waals surface area contributed by atoms with Crippen molar-refractivity contribution in [3.05, 3.63) is 0 Å². The summed E-state index contributed by atoms with van der Waals surface area (Å²) in [5.41, 5.74) is 0. The van der Waals surface area contributed by atoms with Crippen molar-refractivity contribution in [1.82, 2.24) is 13.9 Å². The number of rotatable bonds is 3. The first-order valence-corrected chi connectivity index (χ1v) is 8.33. The zero-order valence-corrected chi connectivity index (χ0v) is 13.0. The van der Waals surface area contributed by atoms with Gasteiger partial charge in [-0.15, -0.1) is 0 Å². The quantitative estimate of drug-likeness (QED) is 0.787. The summed E-state index contributed by atoms with van der Waals surface area (Å²) in [5, 5.41) is 0. The van der Waals surface area contributed by atoms with Gasteiger partial charge in [0.2, 0.25) is 0 Å². The fourth-order valence-electron chi connectivity index (χ4n) is 2.96. The summed E-state index contributed by atoms with van der Waals surface area (Å²) >= 11 is 0. The van der Waals surface area contributed by atoms with Gasteiger partial charge in [-0.25, -0.2) is 0 Å². The van der Waals surface area contributed by atoms with E-state index in [0.717, 1.165) is 13.1 Å². The molecule has 0 saturated carbocycles. The maximum Gasteiger partial charge on any atom is 0.279 e. The van der Waals surface area contributed by atoms with Crippen LogP contribution in [0.15, 0.2) is 0 Å². The highest BCUT2D eigenvalue weighted by Gasteiger charge is 2.36. The van der Waals surface area contributed by atoms with Crippen molar-refractivity contribution in [2.75, 3.05) is 33.2 Å². The van der Waals surface area contributed by atoms with Crippen molar-refractivity contribution in [2.45, 2.75) is 39.0 Å². The van der Waals surface area contributed by atoms with E-state index < -0.39 is 10.2 Å². The average Bonchev–Trinajstić information content (AvgIpc) is 2.55. The molecule has 1 N–H and O–H groups in total. The van der Waals surface area contributed by atoms with Gasteiger partial charge in [0.25, 0.3) is 10.2 Å². The monoisotopic (exact) mass is 291 g/mol. The summed E-state index contributed by atoms with van der Waals surface area (Å²) in [6.45, 7) is 8.46. The first kappa shape index (κ1) is 15.2. The lowest BCUT2D eigenvalue weighted by Gasteiger charge is -2.35. The van der Waals surface area contributed by atoms with Gasteiger partial charge in [0, 0.05) is 32.2 Å². The Labute approximate surface area is 116 Å². The first-order chi connectivity index (χ1) is 8.78. The summed E-state index contributed by atoms with van der Waals surface area (Å²) in [4.78, 5) is 2.16. The highest BCUT2D eigenvalue weighted by Crippen LogP contribution is 2.18. The van der Waals surface area contributed by atoms with Gasteiger partial charge >= 0.3 is 0 Å². The number of likely N-dealkylation sites (tertiary alicyclic amines) is 1. The molecule has 2 fully saturated rings. The van der Waals surface area contributed by atoms with Crippen LogP contribution in [-0.4, -0.2) is 69.1 Å². The lowest BCUT2D eigenvalue weighted by Crippen LogP contribution is -2.54. The molecule has 0 aromatic rings. The number of likely N-dealkylation sites (N-methyl/N-ethyl adjacent to an activating group) is 1. The van der Waals surface area contributed by atoms with E-state index in [1.165, 1.54) is 4.31 Å². The molecule has 2 rings (SSSR count). The molecule has 7 heteroatoms. The van der Waals surface area contributed by atoms with Crippen LogP contribution in [0.2, 0.25) is 0 Å². The first-order valence-electron chi connectivity index (χ1n) is 6.89. The van der Waals surface area contributed by atoms with Gasteiger partial charge in [-0.05, 0) is 26.8 Å². The minimum atomic E-state index is -3.41. The third kappa shape index (κ3) is 3.66. The molecule has 6 nitrogen and oxygen atoms in total. The standard InChI is InChI=1S/C12H25N3O3S/c1-9-5-14(4)8-12(9)13-19(16,17)15-6-10(2)18-11(3)7-15/h9-13H,5-8H2,1-4H3/t9-,10-,11-,12-/m1/s1. The van der Waals surface area contributed by atoms with Crippen molar-refractivity contribution in [3.8, 4) is 0 Å². The van der Waals surface area contributed by atoms with Crippen LogP contribution in [0.5, 0.6) is 0 Å². The lowest BCUT2D eigenvalue weighted by atomic mass is 10.1. The molecule has 0 amide bonds. The second-order valence-corrected chi connectivity index (χ2v) is 7.70. The number of nitrogens with zero attached hydrogens (tertiary/aromatic N) is 2. The van der Waals surface area contributed by atoms with Crippen molar-refractivity contribution >= 4 is 10.2 Å². The van der Waals surface area contributed by atoms with Crippen LogP contribution in [0.3, 0.4) is 0 Å². The Kier molecular flexibility index (Phi) is 4.52. The third-order valence-corrected chi connectivity index (χ3v) is 5.40. The van der Waals surface area contributed by atoms with E-state index in [9.17, 15) is 8.42 Å². The van der Waals surface area contributed by atoms with Gasteiger partial charge in [-0.3, -0.25) is 0 Å². The molecule has 112 valence electrons. The second kappa shape index (κ2) is 5.65. The smallest absolute Gasteiger partial charge is 0.279 e.